The van der Waals surface area contributed by atoms with Gasteiger partial charge in [0.2, 0.25) is 5.95 Å². The molecule has 0 aliphatic rings. The summed E-state index contributed by atoms with van der Waals surface area (Å²) >= 11 is 0. The van der Waals surface area contributed by atoms with Gasteiger partial charge in [-0.15, -0.1) is 0 Å². The lowest BCUT2D eigenvalue weighted by Gasteiger charge is -2.14. The van der Waals surface area contributed by atoms with Crippen molar-refractivity contribution in [2.45, 2.75) is 0 Å². The SMILES string of the molecule is c1ccc(-c2nc(-c3ccccc3)nc(-n3c4ccccc4c4c5cccc6c7nccc8c9ccccc9n(c(cc43)c65)c87)n2)cc1. The van der Waals surface area contributed by atoms with Gasteiger partial charge in [-0.25, -0.2) is 4.98 Å². The first kappa shape index (κ1) is 25.5. The summed E-state index contributed by atoms with van der Waals surface area (Å²) in [5, 5.41) is 8.27. The maximum Gasteiger partial charge on any atom is 0.238 e. The van der Waals surface area contributed by atoms with Gasteiger partial charge >= 0.3 is 0 Å². The van der Waals surface area contributed by atoms with Crippen molar-refractivity contribution >= 4 is 70.8 Å². The molecule has 0 atom stereocenters. The molecule has 0 amide bonds. The lowest BCUT2D eigenvalue weighted by atomic mass is 9.98. The molecule has 6 heteroatoms. The summed E-state index contributed by atoms with van der Waals surface area (Å²) in [6.45, 7) is 0. The van der Waals surface area contributed by atoms with Crippen LogP contribution in [0.2, 0.25) is 0 Å². The molecule has 5 heterocycles. The van der Waals surface area contributed by atoms with Crippen LogP contribution in [0.25, 0.3) is 99.5 Å². The van der Waals surface area contributed by atoms with E-state index in [0.29, 0.717) is 17.6 Å². The van der Waals surface area contributed by atoms with Crippen molar-refractivity contribution in [3.63, 3.8) is 0 Å². The number of aromatic nitrogens is 6. The Kier molecular flexibility index (Phi) is 5.02. The van der Waals surface area contributed by atoms with E-state index < -0.39 is 0 Å². The minimum absolute atomic E-state index is 0.581. The Balaban J connectivity index is 1.35. The van der Waals surface area contributed by atoms with Gasteiger partial charge in [-0.3, -0.25) is 9.55 Å². The van der Waals surface area contributed by atoms with Crippen molar-refractivity contribution in [2.75, 3.05) is 0 Å². The first-order valence-corrected chi connectivity index (χ1v) is 16.1. The van der Waals surface area contributed by atoms with Crippen LogP contribution < -0.4 is 0 Å². The van der Waals surface area contributed by atoms with E-state index in [4.69, 9.17) is 19.9 Å². The molecule has 11 rings (SSSR count). The van der Waals surface area contributed by atoms with Crippen molar-refractivity contribution in [1.82, 2.24) is 28.9 Å². The van der Waals surface area contributed by atoms with Gasteiger partial charge in [0.15, 0.2) is 11.6 Å². The number of rotatable bonds is 3. The van der Waals surface area contributed by atoms with Gasteiger partial charge in [0, 0.05) is 49.6 Å². The van der Waals surface area contributed by atoms with Crippen LogP contribution in [0.15, 0.2) is 146 Å². The molecule has 0 bridgehead atoms. The van der Waals surface area contributed by atoms with E-state index in [1.54, 1.807) is 0 Å². The molecule has 0 saturated carbocycles. The number of para-hydroxylation sites is 2. The van der Waals surface area contributed by atoms with Crippen molar-refractivity contribution in [3.8, 4) is 28.7 Å². The summed E-state index contributed by atoms with van der Waals surface area (Å²) in [6.07, 6.45) is 1.94. The molecule has 222 valence electrons. The number of benzene rings is 6. The van der Waals surface area contributed by atoms with Gasteiger partial charge < -0.3 is 4.40 Å². The first-order valence-electron chi connectivity index (χ1n) is 16.1. The fraction of sp³-hybridized carbons (Fsp3) is 0. The topological polar surface area (TPSA) is 60.9 Å². The first-order chi connectivity index (χ1) is 23.8. The Morgan fingerprint density at radius 2 is 1.02 bits per heavy atom. The molecule has 0 aliphatic heterocycles. The Morgan fingerprint density at radius 3 is 1.77 bits per heavy atom. The molecule has 48 heavy (non-hydrogen) atoms. The quantitative estimate of drug-likeness (QED) is 0.147. The Labute approximate surface area is 273 Å². The molecular formula is C42H24N6. The fourth-order valence-electron chi connectivity index (χ4n) is 7.77. The van der Waals surface area contributed by atoms with Crippen LogP contribution >= 0.6 is 0 Å². The summed E-state index contributed by atoms with van der Waals surface area (Å²) in [7, 11) is 0. The van der Waals surface area contributed by atoms with Crippen LogP contribution in [-0.2, 0) is 0 Å². The van der Waals surface area contributed by atoms with Crippen LogP contribution in [-0.4, -0.2) is 28.9 Å². The lowest BCUT2D eigenvalue weighted by Crippen LogP contribution is -2.06. The van der Waals surface area contributed by atoms with E-state index in [9.17, 15) is 0 Å². The number of nitrogens with zero attached hydrogens (tertiary/aromatic N) is 6. The van der Waals surface area contributed by atoms with Gasteiger partial charge in [0.05, 0.1) is 33.1 Å². The smallest absolute Gasteiger partial charge is 0.238 e. The third-order valence-corrected chi connectivity index (χ3v) is 9.74. The summed E-state index contributed by atoms with van der Waals surface area (Å²) in [6, 6.07) is 48.6. The molecule has 6 aromatic carbocycles. The third kappa shape index (κ3) is 3.35. The Hall–Kier alpha value is -6.66. The number of hydrogen-bond acceptors (Lipinski definition) is 4. The summed E-state index contributed by atoms with van der Waals surface area (Å²) in [5.74, 6) is 1.85. The van der Waals surface area contributed by atoms with Gasteiger partial charge in [-0.1, -0.05) is 115 Å². The summed E-state index contributed by atoms with van der Waals surface area (Å²) in [5.41, 5.74) is 8.41. The van der Waals surface area contributed by atoms with Crippen molar-refractivity contribution in [1.29, 1.82) is 0 Å². The second kappa shape index (κ2) is 9.44. The molecule has 0 spiro atoms. The second-order valence-electron chi connectivity index (χ2n) is 12.3. The molecular weight excluding hydrogens is 589 g/mol. The molecule has 0 N–H and O–H groups in total. The van der Waals surface area contributed by atoms with E-state index in [-0.39, 0.29) is 0 Å². The Morgan fingerprint density at radius 1 is 0.417 bits per heavy atom. The molecule has 0 radical (unpaired) electrons. The van der Waals surface area contributed by atoms with Crippen LogP contribution in [0, 0.1) is 0 Å². The number of hydrogen-bond donors (Lipinski definition) is 0. The minimum atomic E-state index is 0.581. The largest absolute Gasteiger partial charge is 0.306 e. The lowest BCUT2D eigenvalue weighted by molar-refractivity contribution is 0.954. The molecule has 0 fully saturated rings. The van der Waals surface area contributed by atoms with Gasteiger partial charge in [0.25, 0.3) is 0 Å². The van der Waals surface area contributed by atoms with E-state index in [2.05, 4.69) is 87.8 Å². The number of pyridine rings is 2. The second-order valence-corrected chi connectivity index (χ2v) is 12.3. The molecule has 0 saturated heterocycles. The molecule has 5 aromatic heterocycles. The minimum Gasteiger partial charge on any atom is -0.306 e. The average molecular weight is 613 g/mol. The zero-order valence-electron chi connectivity index (χ0n) is 25.5. The highest BCUT2D eigenvalue weighted by molar-refractivity contribution is 6.33. The molecule has 6 nitrogen and oxygen atoms in total. The van der Waals surface area contributed by atoms with E-state index >= 15 is 0 Å². The predicted octanol–water partition coefficient (Wildman–Crippen LogP) is 10.0. The predicted molar refractivity (Wildman–Crippen MR) is 195 cm³/mol. The van der Waals surface area contributed by atoms with Crippen LogP contribution in [0.4, 0.5) is 0 Å². The van der Waals surface area contributed by atoms with Crippen LogP contribution in [0.3, 0.4) is 0 Å². The van der Waals surface area contributed by atoms with Crippen LogP contribution in [0.1, 0.15) is 0 Å². The highest BCUT2D eigenvalue weighted by atomic mass is 15.2. The van der Waals surface area contributed by atoms with Gasteiger partial charge in [-0.05, 0) is 29.7 Å². The standard InChI is InChI=1S/C42H24N6/c1-3-12-25(13-4-1)40-44-41(26-14-5-2-6-15-26)46-42(45-40)48-33-21-10-8-17-29(33)36-30-18-11-19-31-37(30)34(24-35(36)48)47-32-20-9-7-16-27(32)28-22-23-43-38(31)39(28)47/h1-24H. The van der Waals surface area contributed by atoms with Crippen molar-refractivity contribution in [3.05, 3.63) is 146 Å². The summed E-state index contributed by atoms with van der Waals surface area (Å²) < 4.78 is 4.62. The zero-order chi connectivity index (χ0) is 31.3. The molecule has 11 aromatic rings. The highest BCUT2D eigenvalue weighted by Crippen LogP contribution is 2.44. The average Bonchev–Trinajstić information content (AvgIpc) is 3.68. The highest BCUT2D eigenvalue weighted by Gasteiger charge is 2.24. The van der Waals surface area contributed by atoms with Crippen LogP contribution in [0.5, 0.6) is 0 Å². The zero-order valence-corrected chi connectivity index (χ0v) is 25.5. The fourth-order valence-corrected chi connectivity index (χ4v) is 7.77. The summed E-state index contributed by atoms with van der Waals surface area (Å²) in [4.78, 5) is 20.3. The monoisotopic (exact) mass is 612 g/mol. The third-order valence-electron chi connectivity index (χ3n) is 9.74. The van der Waals surface area contributed by atoms with E-state index in [0.717, 1.165) is 55.0 Å². The normalized spacial score (nSPS) is 12.2. The van der Waals surface area contributed by atoms with E-state index in [1.807, 2.05) is 66.9 Å². The van der Waals surface area contributed by atoms with Crippen molar-refractivity contribution in [2.24, 2.45) is 0 Å². The molecule has 0 aliphatic carbocycles. The molecule has 0 unspecified atom stereocenters. The van der Waals surface area contributed by atoms with Crippen molar-refractivity contribution < 1.29 is 0 Å². The maximum atomic E-state index is 5.18. The maximum absolute atomic E-state index is 5.18. The van der Waals surface area contributed by atoms with Gasteiger partial charge in [-0.2, -0.15) is 9.97 Å². The Bertz CT molecular complexity index is 2990. The van der Waals surface area contributed by atoms with E-state index in [1.165, 1.54) is 26.9 Å². The van der Waals surface area contributed by atoms with Gasteiger partial charge in [0.1, 0.15) is 0 Å². The number of fused-ring (bicyclic) bond motifs is 9.